The van der Waals surface area contributed by atoms with Crippen LogP contribution in [0.4, 0.5) is 4.79 Å². The Hall–Kier alpha value is -2.72. The van der Waals surface area contributed by atoms with Gasteiger partial charge in [-0.05, 0) is 49.3 Å². The van der Waals surface area contributed by atoms with Crippen molar-refractivity contribution in [2.75, 3.05) is 26.7 Å². The highest BCUT2D eigenvalue weighted by atomic mass is 32.2. The second-order valence-corrected chi connectivity index (χ2v) is 11.3. The zero-order valence-corrected chi connectivity index (χ0v) is 21.0. The summed E-state index contributed by atoms with van der Waals surface area (Å²) in [7, 11) is -2.29. The van der Waals surface area contributed by atoms with Crippen molar-refractivity contribution in [3.8, 4) is 0 Å². The van der Waals surface area contributed by atoms with Gasteiger partial charge in [0.1, 0.15) is 11.4 Å². The SMILES string of the molecule is COC(=O)NCCc1ccc(C=CS(=O)(=O)N2CCC3(CC2)N=C(C2CCCCC2)NC3=O)cc1. The third kappa shape index (κ3) is 6.10. The van der Waals surface area contributed by atoms with Crippen molar-refractivity contribution in [1.29, 1.82) is 0 Å². The molecule has 3 aliphatic rings. The summed E-state index contributed by atoms with van der Waals surface area (Å²) in [6.45, 7) is 0.998. The number of amides is 2. The van der Waals surface area contributed by atoms with Crippen LogP contribution in [0.15, 0.2) is 34.7 Å². The Kier molecular flexibility index (Phi) is 7.91. The largest absolute Gasteiger partial charge is 0.453 e. The minimum atomic E-state index is -3.60. The van der Waals surface area contributed by atoms with Crippen LogP contribution >= 0.6 is 0 Å². The molecular weight excluding hydrogens is 468 g/mol. The predicted molar refractivity (Wildman–Crippen MR) is 134 cm³/mol. The zero-order chi connectivity index (χ0) is 24.9. The molecule has 2 heterocycles. The topological polar surface area (TPSA) is 117 Å². The first-order valence-electron chi connectivity index (χ1n) is 12.3. The van der Waals surface area contributed by atoms with Crippen LogP contribution in [0.3, 0.4) is 0 Å². The van der Waals surface area contributed by atoms with E-state index in [1.807, 2.05) is 24.3 Å². The lowest BCUT2D eigenvalue weighted by Crippen LogP contribution is -2.50. The molecule has 2 amide bonds. The molecule has 1 aromatic carbocycles. The van der Waals surface area contributed by atoms with Crippen molar-refractivity contribution < 1.29 is 22.7 Å². The molecule has 0 bridgehead atoms. The van der Waals surface area contributed by atoms with E-state index < -0.39 is 21.7 Å². The molecule has 0 atom stereocenters. The Labute approximate surface area is 207 Å². The van der Waals surface area contributed by atoms with Gasteiger partial charge in [-0.15, -0.1) is 0 Å². The second-order valence-electron chi connectivity index (χ2n) is 9.47. The first-order valence-corrected chi connectivity index (χ1v) is 13.8. The second kappa shape index (κ2) is 10.9. The molecule has 2 aliphatic heterocycles. The van der Waals surface area contributed by atoms with E-state index in [4.69, 9.17) is 4.99 Å². The first kappa shape index (κ1) is 25.4. The lowest BCUT2D eigenvalue weighted by atomic mass is 9.88. The fourth-order valence-corrected chi connectivity index (χ4v) is 6.18. The molecule has 190 valence electrons. The monoisotopic (exact) mass is 502 g/mol. The van der Waals surface area contributed by atoms with Crippen LogP contribution in [0.1, 0.15) is 56.1 Å². The molecule has 0 unspecified atom stereocenters. The number of nitrogens with one attached hydrogen (secondary N) is 2. The summed E-state index contributed by atoms with van der Waals surface area (Å²) >= 11 is 0. The summed E-state index contributed by atoms with van der Waals surface area (Å²) in [5, 5.41) is 6.86. The van der Waals surface area contributed by atoms with Crippen LogP contribution < -0.4 is 10.6 Å². The van der Waals surface area contributed by atoms with E-state index in [2.05, 4.69) is 15.4 Å². The Morgan fingerprint density at radius 2 is 1.89 bits per heavy atom. The van der Waals surface area contributed by atoms with Crippen molar-refractivity contribution >= 4 is 33.9 Å². The third-order valence-electron chi connectivity index (χ3n) is 7.18. The van der Waals surface area contributed by atoms with E-state index in [-0.39, 0.29) is 19.0 Å². The van der Waals surface area contributed by atoms with E-state index in [9.17, 15) is 18.0 Å². The highest BCUT2D eigenvalue weighted by molar-refractivity contribution is 7.92. The van der Waals surface area contributed by atoms with Crippen LogP contribution in [-0.2, 0) is 26.0 Å². The number of carbonyl (C=O) groups excluding carboxylic acids is 2. The minimum absolute atomic E-state index is 0.0764. The van der Waals surface area contributed by atoms with Gasteiger partial charge in [0.15, 0.2) is 0 Å². The summed E-state index contributed by atoms with van der Waals surface area (Å²) in [5.41, 5.74) is 0.968. The fraction of sp³-hybridized carbons (Fsp3) is 0.560. The molecule has 4 rings (SSSR count). The van der Waals surface area contributed by atoms with Crippen LogP contribution in [0, 0.1) is 5.92 Å². The molecule has 0 aromatic heterocycles. The maximum Gasteiger partial charge on any atom is 0.406 e. The van der Waals surface area contributed by atoms with Gasteiger partial charge in [0.05, 0.1) is 7.11 Å². The standard InChI is InChI=1S/C25H34N4O5S/c1-34-24(31)26-15-11-19-7-9-20(10-8-19)12-18-35(32,33)29-16-13-25(14-17-29)23(30)27-22(28-25)21-5-3-2-4-6-21/h7-10,12,18,21H,2-6,11,13-17H2,1H3,(H,26,31)(H,27,28,30). The number of hydrogen-bond donors (Lipinski definition) is 2. The first-order chi connectivity index (χ1) is 16.8. The minimum Gasteiger partial charge on any atom is -0.453 e. The predicted octanol–water partition coefficient (Wildman–Crippen LogP) is 2.83. The van der Waals surface area contributed by atoms with Gasteiger partial charge in [0.2, 0.25) is 10.0 Å². The Balaban J connectivity index is 1.32. The molecule has 10 heteroatoms. The molecular formula is C25H34N4O5S. The van der Waals surface area contributed by atoms with E-state index >= 15 is 0 Å². The van der Waals surface area contributed by atoms with Gasteiger partial charge >= 0.3 is 6.09 Å². The summed E-state index contributed by atoms with van der Waals surface area (Å²) in [5.74, 6) is 1.07. The van der Waals surface area contributed by atoms with Crippen molar-refractivity contribution in [3.63, 3.8) is 0 Å². The van der Waals surface area contributed by atoms with Gasteiger partial charge in [-0.3, -0.25) is 9.79 Å². The quantitative estimate of drug-likeness (QED) is 0.595. The van der Waals surface area contributed by atoms with Crippen molar-refractivity contribution in [1.82, 2.24) is 14.9 Å². The van der Waals surface area contributed by atoms with Gasteiger partial charge in [-0.25, -0.2) is 13.2 Å². The lowest BCUT2D eigenvalue weighted by molar-refractivity contribution is -0.125. The normalized spacial score (nSPS) is 21.2. The van der Waals surface area contributed by atoms with Gasteiger partial charge in [-0.1, -0.05) is 43.5 Å². The number of benzene rings is 1. The molecule has 1 saturated heterocycles. The number of ether oxygens (including phenoxy) is 1. The fourth-order valence-electron chi connectivity index (χ4n) is 4.99. The molecule has 9 nitrogen and oxygen atoms in total. The molecule has 2 N–H and O–H groups in total. The molecule has 1 aromatic rings. The van der Waals surface area contributed by atoms with E-state index in [1.165, 1.54) is 36.1 Å². The molecule has 1 spiro atoms. The van der Waals surface area contributed by atoms with Crippen LogP contribution in [0.5, 0.6) is 0 Å². The smallest absolute Gasteiger partial charge is 0.406 e. The summed E-state index contributed by atoms with van der Waals surface area (Å²) in [6.07, 6.45) is 8.25. The number of amidine groups is 1. The number of carbonyl (C=O) groups is 2. The zero-order valence-electron chi connectivity index (χ0n) is 20.2. The Morgan fingerprint density at radius 3 is 2.54 bits per heavy atom. The summed E-state index contributed by atoms with van der Waals surface area (Å²) in [6, 6.07) is 7.48. The van der Waals surface area contributed by atoms with Crippen LogP contribution in [0.25, 0.3) is 6.08 Å². The van der Waals surface area contributed by atoms with E-state index in [0.29, 0.717) is 31.7 Å². The summed E-state index contributed by atoms with van der Waals surface area (Å²) in [4.78, 5) is 28.7. The number of piperidine rings is 1. The van der Waals surface area contributed by atoms with E-state index in [0.717, 1.165) is 29.8 Å². The lowest BCUT2D eigenvalue weighted by Gasteiger charge is -2.34. The number of alkyl carbamates (subject to hydrolysis) is 1. The average Bonchev–Trinajstić information content (AvgIpc) is 3.19. The maximum atomic E-state index is 12.9. The van der Waals surface area contributed by atoms with Gasteiger partial charge in [0, 0.05) is 31.0 Å². The maximum absolute atomic E-state index is 12.9. The molecule has 35 heavy (non-hydrogen) atoms. The Bertz CT molecular complexity index is 1080. The number of sulfonamides is 1. The molecule has 2 fully saturated rings. The van der Waals surface area contributed by atoms with Crippen LogP contribution in [-0.4, -0.2) is 62.8 Å². The highest BCUT2D eigenvalue weighted by Gasteiger charge is 2.48. The number of rotatable bonds is 7. The van der Waals surface area contributed by atoms with Gasteiger partial charge in [0.25, 0.3) is 5.91 Å². The molecule has 1 aliphatic carbocycles. The Morgan fingerprint density at radius 1 is 1.20 bits per heavy atom. The number of hydrogen-bond acceptors (Lipinski definition) is 6. The highest BCUT2D eigenvalue weighted by Crippen LogP contribution is 2.34. The molecule has 1 saturated carbocycles. The number of aliphatic imine (C=N–C) groups is 1. The van der Waals surface area contributed by atoms with Crippen molar-refractivity contribution in [3.05, 3.63) is 40.8 Å². The third-order valence-corrected chi connectivity index (χ3v) is 8.75. The van der Waals surface area contributed by atoms with E-state index in [1.54, 1.807) is 6.08 Å². The number of nitrogens with zero attached hydrogens (tertiary/aromatic N) is 2. The molecule has 0 radical (unpaired) electrons. The number of methoxy groups -OCH3 is 1. The van der Waals surface area contributed by atoms with Crippen molar-refractivity contribution in [2.24, 2.45) is 10.9 Å². The average molecular weight is 503 g/mol. The van der Waals surface area contributed by atoms with Gasteiger partial charge in [-0.2, -0.15) is 4.31 Å². The van der Waals surface area contributed by atoms with Crippen LogP contribution in [0.2, 0.25) is 0 Å². The summed E-state index contributed by atoms with van der Waals surface area (Å²) < 4.78 is 31.8. The van der Waals surface area contributed by atoms with Crippen molar-refractivity contribution in [2.45, 2.75) is 56.9 Å². The van der Waals surface area contributed by atoms with Gasteiger partial charge < -0.3 is 15.4 Å².